The molecule has 1 saturated carbocycles. The summed E-state index contributed by atoms with van der Waals surface area (Å²) in [7, 11) is 0. The van der Waals surface area contributed by atoms with Gasteiger partial charge in [-0.15, -0.1) is 0 Å². The highest BCUT2D eigenvalue weighted by Gasteiger charge is 2.20. The number of carbonyl (C=O) groups is 1. The number of aryl methyl sites for hydroxylation is 1. The van der Waals surface area contributed by atoms with Gasteiger partial charge in [-0.1, -0.05) is 74.9 Å². The molecule has 1 fully saturated rings. The van der Waals surface area contributed by atoms with Crippen molar-refractivity contribution in [2.75, 3.05) is 6.61 Å². The molecule has 1 aliphatic rings. The summed E-state index contributed by atoms with van der Waals surface area (Å²) in [6, 6.07) is 19.2. The van der Waals surface area contributed by atoms with Crippen LogP contribution < -0.4 is 4.74 Å². The highest BCUT2D eigenvalue weighted by atomic mass is 19.1. The van der Waals surface area contributed by atoms with Gasteiger partial charge in [0.05, 0.1) is 0 Å². The van der Waals surface area contributed by atoms with Gasteiger partial charge in [-0.05, 0) is 84.4 Å². The molecule has 0 spiro atoms. The van der Waals surface area contributed by atoms with Gasteiger partial charge in [0.2, 0.25) is 0 Å². The normalized spacial score (nSPS) is 17.6. The minimum atomic E-state index is -0.528. The molecule has 3 aromatic carbocycles. The topological polar surface area (TPSA) is 46.5 Å². The Hall–Kier alpha value is -3.24. The maximum Gasteiger partial charge on any atom is 0.338 e. The molecule has 0 aromatic heterocycles. The van der Waals surface area contributed by atoms with E-state index in [2.05, 4.69) is 37.8 Å². The van der Waals surface area contributed by atoms with Crippen LogP contribution in [0.5, 0.6) is 5.75 Å². The summed E-state index contributed by atoms with van der Waals surface area (Å²) in [6.07, 6.45) is 6.15. The van der Waals surface area contributed by atoms with Gasteiger partial charge >= 0.3 is 5.97 Å². The summed E-state index contributed by atoms with van der Waals surface area (Å²) < 4.78 is 20.8. The number of ether oxygens (including phenoxy) is 1. The van der Waals surface area contributed by atoms with Crippen LogP contribution in [0.1, 0.15) is 63.0 Å². The van der Waals surface area contributed by atoms with Crippen molar-refractivity contribution < 1.29 is 19.0 Å². The van der Waals surface area contributed by atoms with Crippen molar-refractivity contribution in [3.63, 3.8) is 0 Å². The summed E-state index contributed by atoms with van der Waals surface area (Å²) >= 11 is 0. The molecule has 4 rings (SSSR count). The van der Waals surface area contributed by atoms with Crippen LogP contribution in [0.4, 0.5) is 4.39 Å². The first-order chi connectivity index (χ1) is 17.4. The van der Waals surface area contributed by atoms with Gasteiger partial charge in [0, 0.05) is 17.7 Å². The van der Waals surface area contributed by atoms with Crippen LogP contribution in [0, 0.1) is 11.7 Å². The third-order valence-electron chi connectivity index (χ3n) is 7.23. The lowest BCUT2D eigenvalue weighted by molar-refractivity contribution is -0.130. The number of halogens is 1. The second kappa shape index (κ2) is 11.7. The summed E-state index contributed by atoms with van der Waals surface area (Å²) in [5.74, 6) is 0.957. The molecule has 3 aromatic rings. The summed E-state index contributed by atoms with van der Waals surface area (Å²) in [5, 5.41) is 9.20. The molecule has 3 nitrogen and oxygen atoms in total. The smallest absolute Gasteiger partial charge is 0.338 e. The molecule has 0 amide bonds. The third kappa shape index (κ3) is 6.11. The summed E-state index contributed by atoms with van der Waals surface area (Å²) in [4.78, 5) is 12.1. The fourth-order valence-corrected chi connectivity index (χ4v) is 4.95. The number of hydrogen-bond donors (Lipinski definition) is 1. The Balaban J connectivity index is 1.57. The highest BCUT2D eigenvalue weighted by Crippen LogP contribution is 2.37. The van der Waals surface area contributed by atoms with Crippen molar-refractivity contribution in [3.05, 3.63) is 89.8 Å². The Labute approximate surface area is 213 Å². The zero-order chi connectivity index (χ0) is 25.7. The van der Waals surface area contributed by atoms with Crippen molar-refractivity contribution in [1.82, 2.24) is 0 Å². The van der Waals surface area contributed by atoms with E-state index >= 15 is 4.39 Å². The Bertz CT molecular complexity index is 1220. The Kier molecular flexibility index (Phi) is 8.37. The quantitative estimate of drug-likeness (QED) is 0.200. The van der Waals surface area contributed by atoms with E-state index in [9.17, 15) is 9.90 Å². The minimum absolute atomic E-state index is 0.0343. The van der Waals surface area contributed by atoms with Crippen molar-refractivity contribution in [2.45, 2.75) is 58.3 Å². The number of carbonyl (C=O) groups excluding carboxylic acids is 1. The molecule has 1 aliphatic carbocycles. The van der Waals surface area contributed by atoms with E-state index in [0.29, 0.717) is 35.6 Å². The molecule has 4 heteroatoms. The Morgan fingerprint density at radius 1 is 0.972 bits per heavy atom. The van der Waals surface area contributed by atoms with Crippen LogP contribution in [0.2, 0.25) is 0 Å². The van der Waals surface area contributed by atoms with E-state index < -0.39 is 5.97 Å². The van der Waals surface area contributed by atoms with Crippen LogP contribution >= 0.6 is 0 Å². The second-order valence-corrected chi connectivity index (χ2v) is 10.1. The highest BCUT2D eigenvalue weighted by molar-refractivity contribution is 5.89. The van der Waals surface area contributed by atoms with E-state index in [1.807, 2.05) is 18.2 Å². The molecule has 0 atom stereocenters. The van der Waals surface area contributed by atoms with Gasteiger partial charge in [-0.25, -0.2) is 9.18 Å². The minimum Gasteiger partial charge on any atom is -0.423 e. The predicted molar refractivity (Wildman–Crippen MR) is 144 cm³/mol. The first kappa shape index (κ1) is 25.8. The van der Waals surface area contributed by atoms with Gasteiger partial charge in [0.25, 0.3) is 0 Å². The molecule has 0 aliphatic heterocycles. The molecular weight excluding hydrogens is 451 g/mol. The third-order valence-corrected chi connectivity index (χ3v) is 7.23. The molecule has 0 unspecified atom stereocenters. The van der Waals surface area contributed by atoms with Gasteiger partial charge < -0.3 is 9.84 Å². The molecule has 1 N–H and O–H groups in total. The van der Waals surface area contributed by atoms with Gasteiger partial charge in [-0.2, -0.15) is 0 Å². The van der Waals surface area contributed by atoms with Crippen LogP contribution in [-0.2, 0) is 11.2 Å². The van der Waals surface area contributed by atoms with E-state index in [4.69, 9.17) is 4.74 Å². The standard InChI is InChI=1S/C32H35FO3/c1-21(2)32(35)36-31-20-28(15-14-26(31)5-4-18-34)29-17-16-27(19-30(29)33)25-12-10-24(11-13-25)23-8-6-22(3)7-9-23/h10-17,19-20,22-23,34H,1,4-9,18H2,2-3H3. The lowest BCUT2D eigenvalue weighted by atomic mass is 9.79. The maximum absolute atomic E-state index is 15.3. The van der Waals surface area contributed by atoms with Crippen LogP contribution in [0.3, 0.4) is 0 Å². The number of hydrogen-bond acceptors (Lipinski definition) is 3. The molecule has 188 valence electrons. The molecule has 0 heterocycles. The molecule has 0 radical (unpaired) electrons. The van der Waals surface area contributed by atoms with E-state index in [-0.39, 0.29) is 18.0 Å². The number of benzene rings is 3. The van der Waals surface area contributed by atoms with Crippen LogP contribution in [0.25, 0.3) is 22.3 Å². The predicted octanol–water partition coefficient (Wildman–Crippen LogP) is 7.86. The fraction of sp³-hybridized carbons (Fsp3) is 0.344. The van der Waals surface area contributed by atoms with Crippen molar-refractivity contribution >= 4 is 5.97 Å². The number of aliphatic hydroxyl groups is 1. The van der Waals surface area contributed by atoms with Crippen molar-refractivity contribution in [1.29, 1.82) is 0 Å². The first-order valence-corrected chi connectivity index (χ1v) is 12.9. The molecular formula is C32H35FO3. The zero-order valence-electron chi connectivity index (χ0n) is 21.2. The first-order valence-electron chi connectivity index (χ1n) is 12.9. The second-order valence-electron chi connectivity index (χ2n) is 10.1. The molecule has 36 heavy (non-hydrogen) atoms. The average molecular weight is 487 g/mol. The number of rotatable bonds is 8. The van der Waals surface area contributed by atoms with E-state index in [1.165, 1.54) is 31.2 Å². The maximum atomic E-state index is 15.3. The van der Waals surface area contributed by atoms with Crippen molar-refractivity contribution in [2.24, 2.45) is 5.92 Å². The SMILES string of the molecule is C=C(C)C(=O)Oc1cc(-c2ccc(-c3ccc(C4CCC(C)CC4)cc3)cc2F)ccc1CCCO. The lowest BCUT2D eigenvalue weighted by Gasteiger charge is -2.26. The summed E-state index contributed by atoms with van der Waals surface area (Å²) in [5.41, 5.74) is 5.32. The summed E-state index contributed by atoms with van der Waals surface area (Å²) in [6.45, 7) is 7.59. The lowest BCUT2D eigenvalue weighted by Crippen LogP contribution is -2.10. The van der Waals surface area contributed by atoms with Gasteiger partial charge in [0.15, 0.2) is 0 Å². The van der Waals surface area contributed by atoms with Gasteiger partial charge in [-0.3, -0.25) is 0 Å². The largest absolute Gasteiger partial charge is 0.423 e. The van der Waals surface area contributed by atoms with Crippen molar-refractivity contribution in [3.8, 4) is 28.0 Å². The Morgan fingerprint density at radius 3 is 2.28 bits per heavy atom. The fourth-order valence-electron chi connectivity index (χ4n) is 4.95. The van der Waals surface area contributed by atoms with E-state index in [1.54, 1.807) is 25.1 Å². The molecule has 0 bridgehead atoms. The Morgan fingerprint density at radius 2 is 1.64 bits per heavy atom. The average Bonchev–Trinajstić information content (AvgIpc) is 2.88. The molecule has 0 saturated heterocycles. The van der Waals surface area contributed by atoms with E-state index in [0.717, 1.165) is 22.6 Å². The number of esters is 1. The monoisotopic (exact) mass is 486 g/mol. The van der Waals surface area contributed by atoms with Gasteiger partial charge in [0.1, 0.15) is 11.6 Å². The number of aliphatic hydroxyl groups excluding tert-OH is 1. The van der Waals surface area contributed by atoms with Crippen LogP contribution in [-0.4, -0.2) is 17.7 Å². The zero-order valence-corrected chi connectivity index (χ0v) is 21.2. The van der Waals surface area contributed by atoms with Crippen LogP contribution in [0.15, 0.2) is 72.8 Å².